The number of hydrogen-bond acceptors (Lipinski definition) is 12. The fourth-order valence-electron chi connectivity index (χ4n) is 9.38. The third-order valence-electron chi connectivity index (χ3n) is 13.1. The van der Waals surface area contributed by atoms with E-state index in [-0.39, 0.29) is 0 Å². The van der Waals surface area contributed by atoms with Crippen molar-refractivity contribution in [2.75, 3.05) is 0 Å². The lowest BCUT2D eigenvalue weighted by Crippen LogP contribution is -2.31. The summed E-state index contributed by atoms with van der Waals surface area (Å²) in [6, 6.07) is 65.3. The van der Waals surface area contributed by atoms with Crippen molar-refractivity contribution in [2.24, 2.45) is 0 Å². The van der Waals surface area contributed by atoms with E-state index in [1.54, 1.807) is 69.6 Å². The van der Waals surface area contributed by atoms with Crippen molar-refractivity contribution in [1.82, 2.24) is 0 Å². The Morgan fingerprint density at radius 2 is 0.390 bits per heavy atom. The van der Waals surface area contributed by atoms with Crippen molar-refractivity contribution in [3.8, 4) is 80.8 Å². The van der Waals surface area contributed by atoms with Gasteiger partial charge in [0.2, 0.25) is 0 Å². The molecule has 12 aromatic rings. The summed E-state index contributed by atoms with van der Waals surface area (Å²) in [6.45, 7) is 0. The topological polar surface area (TPSA) is 149 Å². The van der Waals surface area contributed by atoms with Crippen molar-refractivity contribution in [3.63, 3.8) is 0 Å². The lowest BCUT2D eigenvalue weighted by atomic mass is 9.64. The third-order valence-corrected chi connectivity index (χ3v) is 22.7. The first-order valence-electron chi connectivity index (χ1n) is 23.5. The molecular weight excluding hydrogens is 1120 g/mol. The Labute approximate surface area is 472 Å². The molecule has 12 rings (SSSR count). The van der Waals surface area contributed by atoms with Gasteiger partial charge in [0.15, 0.2) is 0 Å². The van der Waals surface area contributed by atoms with E-state index < -0.39 is 29.3 Å². The minimum absolute atomic E-state index is 0.295. The highest BCUT2D eigenvalue weighted by atomic mass is 32.1. The average Bonchev–Trinajstić information content (AvgIpc) is 4.41. The lowest BCUT2D eigenvalue weighted by Gasteiger charge is -2.37. The molecule has 0 aliphatic heterocycles. The van der Waals surface area contributed by atoms with Crippen LogP contribution in [0.15, 0.2) is 194 Å². The number of aromatic carboxylic acids is 4. The number of carbonyl (C=O) groups is 4. The van der Waals surface area contributed by atoms with E-state index in [9.17, 15) is 39.6 Å². The molecule has 0 saturated carbocycles. The molecule has 0 radical (unpaired) electrons. The van der Waals surface area contributed by atoms with Crippen molar-refractivity contribution < 1.29 is 39.6 Å². The Bertz CT molecular complexity index is 3630. The third kappa shape index (κ3) is 9.68. The average molecular weight is 1150 g/mol. The highest BCUT2D eigenvalue weighted by Crippen LogP contribution is 2.49. The first-order chi connectivity index (χ1) is 37.4. The maximum atomic E-state index is 11.7. The summed E-state index contributed by atoms with van der Waals surface area (Å²) in [5.41, 5.74) is 7.31. The van der Waals surface area contributed by atoms with Gasteiger partial charge < -0.3 is 20.4 Å². The lowest BCUT2D eigenvalue weighted by molar-refractivity contribution is 0.0691. The van der Waals surface area contributed by atoms with E-state index in [1.165, 1.54) is 45.3 Å². The summed E-state index contributed by atoms with van der Waals surface area (Å²) in [6.07, 6.45) is 0. The standard InChI is InChI=1S/C61H36O8S8/c62-57(63)53-29-25-49(74-53)45-21-17-41(70-45)33-1-9-37(10-2-33)61(38-11-3-34(4-12-38)42-18-22-46(71-42)50-26-30-54(75-50)58(64)65,39-13-5-35(6-14-39)43-19-23-47(72-43)51-27-31-55(76-51)59(66)67)40-15-7-36(8-16-40)44-20-24-48(73-44)52-28-32-56(77-52)60(68)69/h1-32H,(H,62,63)(H,64,65)(H,66,67)(H,68,69). The number of benzene rings is 4. The Hall–Kier alpha value is -7.64. The predicted molar refractivity (Wildman–Crippen MR) is 319 cm³/mol. The normalized spacial score (nSPS) is 11.5. The fourth-order valence-corrected chi connectivity index (χ4v) is 17.2. The molecule has 77 heavy (non-hydrogen) atoms. The van der Waals surface area contributed by atoms with Crippen LogP contribution in [0.3, 0.4) is 0 Å². The molecule has 0 amide bonds. The largest absolute Gasteiger partial charge is 0.477 e. The van der Waals surface area contributed by atoms with Gasteiger partial charge in [0, 0.05) is 58.5 Å². The second-order valence-electron chi connectivity index (χ2n) is 17.6. The van der Waals surface area contributed by atoms with Gasteiger partial charge in [0.1, 0.15) is 19.5 Å². The summed E-state index contributed by atoms with van der Waals surface area (Å²) in [4.78, 5) is 59.8. The molecule has 16 heteroatoms. The molecule has 8 nitrogen and oxygen atoms in total. The predicted octanol–water partition coefficient (Wildman–Crippen LogP) is 18.7. The molecule has 8 heterocycles. The van der Waals surface area contributed by atoms with Crippen molar-refractivity contribution in [1.29, 1.82) is 0 Å². The minimum atomic E-state index is -0.941. The second kappa shape index (κ2) is 20.7. The van der Waals surface area contributed by atoms with E-state index in [1.807, 2.05) is 48.5 Å². The number of carboxylic acid groups (broad SMARTS) is 4. The number of thiophene rings is 8. The van der Waals surface area contributed by atoms with E-state index in [0.29, 0.717) is 19.5 Å². The summed E-state index contributed by atoms with van der Waals surface area (Å²) >= 11 is 11.5. The smallest absolute Gasteiger partial charge is 0.345 e. The summed E-state index contributed by atoms with van der Waals surface area (Å²) < 4.78 is 0. The zero-order valence-corrected chi connectivity index (χ0v) is 46.2. The number of rotatable bonds is 16. The van der Waals surface area contributed by atoms with Gasteiger partial charge in [0.25, 0.3) is 0 Å². The molecule has 0 aliphatic carbocycles. The first-order valence-corrected chi connectivity index (χ1v) is 30.1. The van der Waals surface area contributed by atoms with Crippen LogP contribution in [0.2, 0.25) is 0 Å². The quantitative estimate of drug-likeness (QED) is 0.0699. The Kier molecular flexibility index (Phi) is 13.5. The van der Waals surface area contributed by atoms with Crippen molar-refractivity contribution in [3.05, 3.63) is 236 Å². The molecule has 0 spiro atoms. The van der Waals surface area contributed by atoms with Crippen LogP contribution in [-0.4, -0.2) is 44.3 Å². The molecule has 0 atom stereocenters. The highest BCUT2D eigenvalue weighted by molar-refractivity contribution is 7.26. The zero-order valence-electron chi connectivity index (χ0n) is 39.7. The monoisotopic (exact) mass is 1150 g/mol. The zero-order chi connectivity index (χ0) is 53.0. The van der Waals surface area contributed by atoms with Gasteiger partial charge in [-0.3, -0.25) is 0 Å². The van der Waals surface area contributed by atoms with Crippen LogP contribution in [0.25, 0.3) is 80.8 Å². The Morgan fingerprint density at radius 1 is 0.221 bits per heavy atom. The molecule has 0 bridgehead atoms. The van der Waals surface area contributed by atoms with Gasteiger partial charge in [-0.05, 0) is 142 Å². The molecule has 0 saturated heterocycles. The Morgan fingerprint density at radius 3 is 0.571 bits per heavy atom. The van der Waals surface area contributed by atoms with Crippen molar-refractivity contribution in [2.45, 2.75) is 5.41 Å². The van der Waals surface area contributed by atoms with Crippen LogP contribution in [0.5, 0.6) is 0 Å². The molecular formula is C61H36O8S8. The highest BCUT2D eigenvalue weighted by Gasteiger charge is 2.39. The maximum Gasteiger partial charge on any atom is 0.345 e. The molecule has 4 aromatic carbocycles. The molecule has 0 unspecified atom stereocenters. The van der Waals surface area contributed by atoms with Crippen LogP contribution in [0, 0.1) is 0 Å². The Balaban J connectivity index is 0.980. The molecule has 0 fully saturated rings. The summed E-state index contributed by atoms with van der Waals surface area (Å²) in [5.74, 6) is -3.77. The van der Waals surface area contributed by atoms with Gasteiger partial charge in [-0.2, -0.15) is 0 Å². The SMILES string of the molecule is O=C(O)c1ccc(-c2ccc(-c3ccc(C(c4ccc(-c5ccc(-c6ccc(C(=O)O)s6)s5)cc4)(c4ccc(-c5ccc(-c6ccc(C(=O)O)s6)s5)cc4)c4ccc(-c5ccc(-c6ccc(C(=O)O)s6)s5)cc4)cc3)s2)s1. The van der Waals surface area contributed by atoms with Crippen LogP contribution in [0.1, 0.15) is 60.9 Å². The van der Waals surface area contributed by atoms with E-state index >= 15 is 0 Å². The van der Waals surface area contributed by atoms with Crippen LogP contribution >= 0.6 is 90.7 Å². The fraction of sp³-hybridized carbons (Fsp3) is 0.0164. The summed E-state index contributed by atoms with van der Waals surface area (Å²) in [5, 5.41) is 38.4. The van der Waals surface area contributed by atoms with E-state index in [0.717, 1.165) is 103 Å². The van der Waals surface area contributed by atoms with E-state index in [4.69, 9.17) is 0 Å². The van der Waals surface area contributed by atoms with Gasteiger partial charge in [-0.1, -0.05) is 97.1 Å². The van der Waals surface area contributed by atoms with Gasteiger partial charge in [-0.15, -0.1) is 90.7 Å². The molecule has 8 aromatic heterocycles. The minimum Gasteiger partial charge on any atom is -0.477 e. The molecule has 0 aliphatic rings. The number of hydrogen-bond donors (Lipinski definition) is 4. The van der Waals surface area contributed by atoms with Crippen LogP contribution in [-0.2, 0) is 5.41 Å². The van der Waals surface area contributed by atoms with Gasteiger partial charge in [0.05, 0.1) is 5.41 Å². The van der Waals surface area contributed by atoms with E-state index in [2.05, 4.69) is 121 Å². The second-order valence-corrected chi connectivity index (χ2v) is 26.3. The molecule has 4 N–H and O–H groups in total. The molecule has 376 valence electrons. The maximum absolute atomic E-state index is 11.7. The van der Waals surface area contributed by atoms with Crippen LogP contribution < -0.4 is 0 Å². The number of carboxylic acids is 4. The van der Waals surface area contributed by atoms with Crippen LogP contribution in [0.4, 0.5) is 0 Å². The van der Waals surface area contributed by atoms with Gasteiger partial charge >= 0.3 is 23.9 Å². The summed E-state index contributed by atoms with van der Waals surface area (Å²) in [7, 11) is 0. The van der Waals surface area contributed by atoms with Gasteiger partial charge in [-0.25, -0.2) is 19.2 Å². The first kappa shape index (κ1) is 50.2. The van der Waals surface area contributed by atoms with Crippen molar-refractivity contribution >= 4 is 115 Å².